The Morgan fingerprint density at radius 1 is 1.32 bits per heavy atom. The maximum Gasteiger partial charge on any atom is 0.226 e. The van der Waals surface area contributed by atoms with Crippen LogP contribution in [0.4, 0.5) is 5.69 Å². The Hall–Kier alpha value is -1.88. The van der Waals surface area contributed by atoms with E-state index in [0.29, 0.717) is 5.92 Å². The van der Waals surface area contributed by atoms with Gasteiger partial charge in [-0.15, -0.1) is 0 Å². The van der Waals surface area contributed by atoms with Gasteiger partial charge in [-0.2, -0.15) is 4.98 Å². The fourth-order valence-electron chi connectivity index (χ4n) is 3.10. The second kappa shape index (κ2) is 6.92. The molecule has 0 aliphatic carbocycles. The first-order valence-corrected chi connectivity index (χ1v) is 8.04. The van der Waals surface area contributed by atoms with Crippen LogP contribution >= 0.6 is 0 Å². The zero-order valence-corrected chi connectivity index (χ0v) is 13.4. The predicted molar refractivity (Wildman–Crippen MR) is 86.8 cm³/mol. The third-order valence-electron chi connectivity index (χ3n) is 4.20. The number of para-hydroxylation sites is 1. The number of rotatable bonds is 6. The summed E-state index contributed by atoms with van der Waals surface area (Å²) in [6.07, 6.45) is 2.04. The van der Waals surface area contributed by atoms with Crippen molar-refractivity contribution in [2.45, 2.75) is 26.3 Å². The predicted octanol–water partition coefficient (Wildman–Crippen LogP) is 2.59. The molecule has 0 N–H and O–H groups in total. The third-order valence-corrected chi connectivity index (χ3v) is 4.20. The Morgan fingerprint density at radius 2 is 2.14 bits per heavy atom. The van der Waals surface area contributed by atoms with Crippen molar-refractivity contribution in [3.8, 4) is 0 Å². The highest BCUT2D eigenvalue weighted by Crippen LogP contribution is 2.24. The Morgan fingerprint density at radius 3 is 2.86 bits per heavy atom. The van der Waals surface area contributed by atoms with E-state index in [0.717, 1.165) is 44.3 Å². The summed E-state index contributed by atoms with van der Waals surface area (Å²) in [7, 11) is 2.13. The van der Waals surface area contributed by atoms with E-state index < -0.39 is 0 Å². The number of benzene rings is 1. The zero-order valence-electron chi connectivity index (χ0n) is 13.4. The van der Waals surface area contributed by atoms with Crippen molar-refractivity contribution < 1.29 is 4.52 Å². The molecule has 5 nitrogen and oxygen atoms in total. The molecule has 1 aliphatic rings. The zero-order chi connectivity index (χ0) is 15.4. The fourth-order valence-corrected chi connectivity index (χ4v) is 3.10. The minimum absolute atomic E-state index is 0.697. The quantitative estimate of drug-likeness (QED) is 0.820. The van der Waals surface area contributed by atoms with Gasteiger partial charge in [-0.3, -0.25) is 4.90 Å². The van der Waals surface area contributed by atoms with Crippen molar-refractivity contribution in [3.05, 3.63) is 42.0 Å². The second-order valence-electron chi connectivity index (χ2n) is 6.09. The number of hydrogen-bond donors (Lipinski definition) is 0. The lowest BCUT2D eigenvalue weighted by molar-refractivity contribution is 0.268. The molecule has 1 aliphatic heterocycles. The van der Waals surface area contributed by atoms with Gasteiger partial charge in [0, 0.05) is 31.7 Å². The van der Waals surface area contributed by atoms with E-state index in [1.165, 1.54) is 12.1 Å². The van der Waals surface area contributed by atoms with Crippen LogP contribution < -0.4 is 4.90 Å². The van der Waals surface area contributed by atoms with Gasteiger partial charge in [-0.25, -0.2) is 0 Å². The molecular weight excluding hydrogens is 276 g/mol. The summed E-state index contributed by atoms with van der Waals surface area (Å²) in [6, 6.07) is 10.7. The first-order chi connectivity index (χ1) is 10.7. The Balaban J connectivity index is 1.49. The number of aryl methyl sites for hydroxylation is 1. The fraction of sp³-hybridized carbons (Fsp3) is 0.529. The maximum absolute atomic E-state index is 5.16. The van der Waals surface area contributed by atoms with Crippen molar-refractivity contribution in [1.82, 2.24) is 15.0 Å². The largest absolute Gasteiger partial charge is 0.371 e. The van der Waals surface area contributed by atoms with Crippen LogP contribution in [0.3, 0.4) is 0 Å². The SMILES string of the molecule is CCc1nc(CN(C)C[C@H]2CCN(c3ccccc3)C2)no1. The molecule has 0 saturated carbocycles. The molecule has 1 fully saturated rings. The summed E-state index contributed by atoms with van der Waals surface area (Å²) in [5.41, 5.74) is 1.33. The Kier molecular flexibility index (Phi) is 4.73. The average Bonchev–Trinajstić information content (AvgIpc) is 3.17. The molecule has 118 valence electrons. The monoisotopic (exact) mass is 300 g/mol. The molecule has 0 amide bonds. The van der Waals surface area contributed by atoms with Gasteiger partial charge in [0.15, 0.2) is 5.82 Å². The molecule has 1 aromatic carbocycles. The summed E-state index contributed by atoms with van der Waals surface area (Å²) >= 11 is 0. The number of aromatic nitrogens is 2. The van der Waals surface area contributed by atoms with Gasteiger partial charge in [0.25, 0.3) is 0 Å². The first kappa shape index (κ1) is 15.0. The smallest absolute Gasteiger partial charge is 0.226 e. The summed E-state index contributed by atoms with van der Waals surface area (Å²) in [6.45, 7) is 6.12. The van der Waals surface area contributed by atoms with E-state index in [2.05, 4.69) is 57.3 Å². The lowest BCUT2D eigenvalue weighted by Gasteiger charge is -2.21. The molecule has 3 rings (SSSR count). The molecule has 0 unspecified atom stereocenters. The molecule has 0 bridgehead atoms. The minimum atomic E-state index is 0.697. The maximum atomic E-state index is 5.16. The lowest BCUT2D eigenvalue weighted by Crippen LogP contribution is -2.28. The van der Waals surface area contributed by atoms with Crippen LogP contribution in [0.2, 0.25) is 0 Å². The topological polar surface area (TPSA) is 45.4 Å². The highest BCUT2D eigenvalue weighted by Gasteiger charge is 2.24. The van der Waals surface area contributed by atoms with Gasteiger partial charge in [0.2, 0.25) is 5.89 Å². The van der Waals surface area contributed by atoms with E-state index in [1.54, 1.807) is 0 Å². The molecule has 22 heavy (non-hydrogen) atoms. The van der Waals surface area contributed by atoms with Crippen LogP contribution in [0.25, 0.3) is 0 Å². The Bertz CT molecular complexity index is 583. The molecule has 0 spiro atoms. The van der Waals surface area contributed by atoms with Crippen LogP contribution in [-0.2, 0) is 13.0 Å². The van der Waals surface area contributed by atoms with Crippen LogP contribution in [0.5, 0.6) is 0 Å². The van der Waals surface area contributed by atoms with Crippen molar-refractivity contribution in [2.75, 3.05) is 31.6 Å². The lowest BCUT2D eigenvalue weighted by atomic mass is 10.1. The number of nitrogens with zero attached hydrogens (tertiary/aromatic N) is 4. The number of anilines is 1. The van der Waals surface area contributed by atoms with Crippen LogP contribution in [-0.4, -0.2) is 41.7 Å². The van der Waals surface area contributed by atoms with E-state index in [1.807, 2.05) is 6.92 Å². The van der Waals surface area contributed by atoms with E-state index >= 15 is 0 Å². The van der Waals surface area contributed by atoms with Crippen molar-refractivity contribution in [2.24, 2.45) is 5.92 Å². The van der Waals surface area contributed by atoms with Gasteiger partial charge < -0.3 is 9.42 Å². The molecule has 1 aromatic heterocycles. The van der Waals surface area contributed by atoms with Gasteiger partial charge in [0.1, 0.15) is 0 Å². The van der Waals surface area contributed by atoms with E-state index in [-0.39, 0.29) is 0 Å². The molecular formula is C17H24N4O. The summed E-state index contributed by atoms with van der Waals surface area (Å²) in [5, 5.41) is 4.03. The van der Waals surface area contributed by atoms with Gasteiger partial charge >= 0.3 is 0 Å². The number of hydrogen-bond acceptors (Lipinski definition) is 5. The van der Waals surface area contributed by atoms with E-state index in [4.69, 9.17) is 4.52 Å². The van der Waals surface area contributed by atoms with E-state index in [9.17, 15) is 0 Å². The second-order valence-corrected chi connectivity index (χ2v) is 6.09. The summed E-state index contributed by atoms with van der Waals surface area (Å²) in [5.74, 6) is 2.21. The van der Waals surface area contributed by atoms with Gasteiger partial charge in [-0.05, 0) is 31.5 Å². The average molecular weight is 300 g/mol. The molecule has 5 heteroatoms. The van der Waals surface area contributed by atoms with Crippen LogP contribution in [0, 0.1) is 5.92 Å². The molecule has 0 radical (unpaired) electrons. The molecule has 2 aromatic rings. The van der Waals surface area contributed by atoms with Crippen molar-refractivity contribution in [3.63, 3.8) is 0 Å². The molecule has 2 heterocycles. The van der Waals surface area contributed by atoms with Gasteiger partial charge in [0.05, 0.1) is 6.54 Å². The standard InChI is InChI=1S/C17H24N4O/c1-3-17-18-16(19-22-17)13-20(2)11-14-9-10-21(12-14)15-7-5-4-6-8-15/h4-8,14H,3,9-13H2,1-2H3/t14-/m1/s1. The van der Waals surface area contributed by atoms with Crippen molar-refractivity contribution >= 4 is 5.69 Å². The normalized spacial score (nSPS) is 18.3. The Labute approximate surface area is 131 Å². The molecule has 1 saturated heterocycles. The third kappa shape index (κ3) is 3.65. The first-order valence-electron chi connectivity index (χ1n) is 8.04. The summed E-state index contributed by atoms with van der Waals surface area (Å²) in [4.78, 5) is 9.15. The highest BCUT2D eigenvalue weighted by molar-refractivity contribution is 5.46. The van der Waals surface area contributed by atoms with Crippen LogP contribution in [0.1, 0.15) is 25.1 Å². The van der Waals surface area contributed by atoms with Crippen LogP contribution in [0.15, 0.2) is 34.9 Å². The molecule has 1 atom stereocenters. The van der Waals surface area contributed by atoms with Crippen molar-refractivity contribution in [1.29, 1.82) is 0 Å². The van der Waals surface area contributed by atoms with Gasteiger partial charge in [-0.1, -0.05) is 30.3 Å². The summed E-state index contributed by atoms with van der Waals surface area (Å²) < 4.78 is 5.16. The minimum Gasteiger partial charge on any atom is -0.371 e. The highest BCUT2D eigenvalue weighted by atomic mass is 16.5.